The van der Waals surface area contributed by atoms with Crippen LogP contribution in [0.3, 0.4) is 0 Å². The molecule has 0 bridgehead atoms. The number of nitrogens with zero attached hydrogens (tertiary/aromatic N) is 2. The average Bonchev–Trinajstić information content (AvgIpc) is 3.31. The summed E-state index contributed by atoms with van der Waals surface area (Å²) in [6.07, 6.45) is 0. The van der Waals surface area contributed by atoms with Gasteiger partial charge in [-0.3, -0.25) is 9.59 Å². The molecular formula is C22H22N4O2S. The number of thioether (sulfide) groups is 1. The number of anilines is 1. The number of amides is 2. The Morgan fingerprint density at radius 3 is 2.62 bits per heavy atom. The molecule has 0 aliphatic carbocycles. The van der Waals surface area contributed by atoms with Gasteiger partial charge in [0.1, 0.15) is 5.82 Å². The monoisotopic (exact) mass is 406 g/mol. The van der Waals surface area contributed by atoms with Crippen molar-refractivity contribution in [2.75, 3.05) is 5.32 Å². The molecule has 2 N–H and O–H groups in total. The first-order valence-corrected chi connectivity index (χ1v) is 10.6. The van der Waals surface area contributed by atoms with E-state index >= 15 is 0 Å². The minimum Gasteiger partial charge on any atom is -0.341 e. The van der Waals surface area contributed by atoms with Gasteiger partial charge < -0.3 is 10.6 Å². The van der Waals surface area contributed by atoms with E-state index in [1.54, 1.807) is 16.4 Å². The average molecular weight is 407 g/mol. The maximum atomic E-state index is 12.7. The van der Waals surface area contributed by atoms with Crippen molar-refractivity contribution in [1.29, 1.82) is 0 Å². The lowest BCUT2D eigenvalue weighted by atomic mass is 10.1. The second kappa shape index (κ2) is 8.13. The van der Waals surface area contributed by atoms with Crippen LogP contribution in [0.2, 0.25) is 0 Å². The predicted molar refractivity (Wildman–Crippen MR) is 115 cm³/mol. The van der Waals surface area contributed by atoms with E-state index in [0.29, 0.717) is 5.82 Å². The molecule has 3 aromatic rings. The largest absolute Gasteiger partial charge is 0.341 e. The van der Waals surface area contributed by atoms with Crippen LogP contribution in [-0.2, 0) is 21.1 Å². The van der Waals surface area contributed by atoms with Gasteiger partial charge in [0.25, 0.3) is 0 Å². The summed E-state index contributed by atoms with van der Waals surface area (Å²) in [7, 11) is 0. The normalized spacial score (nSPS) is 13.6. The molecule has 0 unspecified atom stereocenters. The number of hydrogen-bond acceptors (Lipinski definition) is 4. The number of aryl methyl sites for hydroxylation is 1. The number of fused-ring (bicyclic) bond motifs is 1. The molecule has 1 aliphatic rings. The zero-order chi connectivity index (χ0) is 20.4. The van der Waals surface area contributed by atoms with Crippen molar-refractivity contribution in [1.82, 2.24) is 15.1 Å². The fourth-order valence-corrected chi connectivity index (χ4v) is 4.37. The van der Waals surface area contributed by atoms with Crippen LogP contribution < -0.4 is 10.6 Å². The molecule has 0 radical (unpaired) electrons. The standard InChI is InChI=1S/C22H22N4O2S/c1-14-7-6-10-17(11-14)26-20(18-12-29-13-19(18)25-26)24-22(28)21(27)23-15(2)16-8-4-3-5-9-16/h3-11,15H,12-13H2,1-2H3,(H,23,27)(H,24,28)/t15-/m1/s1. The highest BCUT2D eigenvalue weighted by Crippen LogP contribution is 2.36. The van der Waals surface area contributed by atoms with Crippen LogP contribution in [-0.4, -0.2) is 21.6 Å². The van der Waals surface area contributed by atoms with Gasteiger partial charge in [-0.1, -0.05) is 42.5 Å². The summed E-state index contributed by atoms with van der Waals surface area (Å²) in [5, 5.41) is 10.2. The van der Waals surface area contributed by atoms with Gasteiger partial charge in [-0.05, 0) is 37.1 Å². The molecule has 1 aliphatic heterocycles. The van der Waals surface area contributed by atoms with Gasteiger partial charge >= 0.3 is 11.8 Å². The first kappa shape index (κ1) is 19.3. The number of hydrogen-bond donors (Lipinski definition) is 2. The minimum atomic E-state index is -0.693. The molecule has 6 nitrogen and oxygen atoms in total. The van der Waals surface area contributed by atoms with E-state index in [1.165, 1.54) is 0 Å². The molecule has 0 fully saturated rings. The van der Waals surface area contributed by atoms with Gasteiger partial charge in [0.2, 0.25) is 0 Å². The van der Waals surface area contributed by atoms with Crippen LogP contribution in [0.5, 0.6) is 0 Å². The molecule has 2 aromatic carbocycles. The highest BCUT2D eigenvalue weighted by molar-refractivity contribution is 7.98. The third-order valence-corrected chi connectivity index (χ3v) is 5.85. The number of nitrogens with one attached hydrogen (secondary N) is 2. The second-order valence-corrected chi connectivity index (χ2v) is 8.06. The quantitative estimate of drug-likeness (QED) is 0.647. The maximum Gasteiger partial charge on any atom is 0.314 e. The SMILES string of the molecule is Cc1cccc(-n2nc3c(c2NC(=O)C(=O)N[C@H](C)c2ccccc2)CSC3)c1. The molecule has 1 atom stereocenters. The fourth-order valence-electron chi connectivity index (χ4n) is 3.34. The highest BCUT2D eigenvalue weighted by atomic mass is 32.2. The van der Waals surface area contributed by atoms with E-state index in [0.717, 1.165) is 39.6 Å². The molecule has 1 aromatic heterocycles. The van der Waals surface area contributed by atoms with Gasteiger partial charge in [-0.15, -0.1) is 0 Å². The Hall–Kier alpha value is -3.06. The number of benzene rings is 2. The first-order chi connectivity index (χ1) is 14.0. The highest BCUT2D eigenvalue weighted by Gasteiger charge is 2.27. The Kier molecular flexibility index (Phi) is 5.40. The van der Waals surface area contributed by atoms with E-state index < -0.39 is 11.8 Å². The van der Waals surface area contributed by atoms with Gasteiger partial charge in [0, 0.05) is 17.1 Å². The zero-order valence-electron chi connectivity index (χ0n) is 16.3. The lowest BCUT2D eigenvalue weighted by Crippen LogP contribution is -2.37. The van der Waals surface area contributed by atoms with Crippen molar-refractivity contribution in [3.05, 3.63) is 77.0 Å². The summed E-state index contributed by atoms with van der Waals surface area (Å²) < 4.78 is 1.73. The molecule has 2 heterocycles. The van der Waals surface area contributed by atoms with E-state index in [1.807, 2.05) is 68.4 Å². The van der Waals surface area contributed by atoms with Crippen LogP contribution in [0.1, 0.15) is 35.3 Å². The molecule has 0 spiro atoms. The third-order valence-electron chi connectivity index (χ3n) is 4.88. The smallest absolute Gasteiger partial charge is 0.314 e. The van der Waals surface area contributed by atoms with Crippen LogP contribution in [0.15, 0.2) is 54.6 Å². The van der Waals surface area contributed by atoms with Crippen molar-refractivity contribution in [2.45, 2.75) is 31.4 Å². The van der Waals surface area contributed by atoms with Crippen LogP contribution in [0, 0.1) is 6.92 Å². The molecule has 0 saturated carbocycles. The lowest BCUT2D eigenvalue weighted by Gasteiger charge is -2.15. The number of aromatic nitrogens is 2. The summed E-state index contributed by atoms with van der Waals surface area (Å²) in [6.45, 7) is 3.86. The molecule has 2 amide bonds. The zero-order valence-corrected chi connectivity index (χ0v) is 17.1. The van der Waals surface area contributed by atoms with E-state index in [-0.39, 0.29) is 6.04 Å². The first-order valence-electron chi connectivity index (χ1n) is 9.45. The fraction of sp³-hybridized carbons (Fsp3) is 0.227. The van der Waals surface area contributed by atoms with Crippen molar-refractivity contribution in [2.24, 2.45) is 0 Å². The Bertz CT molecular complexity index is 1060. The van der Waals surface area contributed by atoms with Gasteiger partial charge in [0.05, 0.1) is 17.4 Å². The Balaban J connectivity index is 1.56. The predicted octanol–water partition coefficient (Wildman–Crippen LogP) is 3.74. The van der Waals surface area contributed by atoms with Crippen LogP contribution in [0.4, 0.5) is 5.82 Å². The van der Waals surface area contributed by atoms with Crippen LogP contribution >= 0.6 is 11.8 Å². The van der Waals surface area contributed by atoms with Crippen molar-refractivity contribution in [3.63, 3.8) is 0 Å². The lowest BCUT2D eigenvalue weighted by molar-refractivity contribution is -0.136. The third kappa shape index (κ3) is 4.05. The number of carbonyl (C=O) groups excluding carboxylic acids is 2. The van der Waals surface area contributed by atoms with Crippen LogP contribution in [0.25, 0.3) is 5.69 Å². The molecule has 0 saturated heterocycles. The van der Waals surface area contributed by atoms with Crippen molar-refractivity contribution >= 4 is 29.4 Å². The maximum absolute atomic E-state index is 12.7. The molecule has 7 heteroatoms. The molecule has 148 valence electrons. The summed E-state index contributed by atoms with van der Waals surface area (Å²) in [6, 6.07) is 17.2. The summed E-state index contributed by atoms with van der Waals surface area (Å²) in [5.74, 6) is 0.773. The van der Waals surface area contributed by atoms with Crippen molar-refractivity contribution in [3.8, 4) is 5.69 Å². The second-order valence-electron chi connectivity index (χ2n) is 7.08. The topological polar surface area (TPSA) is 76.0 Å². The molecule has 4 rings (SSSR count). The molecular weight excluding hydrogens is 384 g/mol. The van der Waals surface area contributed by atoms with Gasteiger partial charge in [0.15, 0.2) is 0 Å². The van der Waals surface area contributed by atoms with E-state index in [9.17, 15) is 9.59 Å². The number of carbonyl (C=O) groups is 2. The Labute approximate surface area is 173 Å². The summed E-state index contributed by atoms with van der Waals surface area (Å²) in [5.41, 5.74) is 4.83. The van der Waals surface area contributed by atoms with Gasteiger partial charge in [-0.2, -0.15) is 16.9 Å². The van der Waals surface area contributed by atoms with E-state index in [4.69, 9.17) is 0 Å². The van der Waals surface area contributed by atoms with Crippen molar-refractivity contribution < 1.29 is 9.59 Å². The van der Waals surface area contributed by atoms with Gasteiger partial charge in [-0.25, -0.2) is 4.68 Å². The number of rotatable bonds is 4. The Morgan fingerprint density at radius 2 is 1.86 bits per heavy atom. The molecule has 29 heavy (non-hydrogen) atoms. The summed E-state index contributed by atoms with van der Waals surface area (Å²) >= 11 is 1.75. The summed E-state index contributed by atoms with van der Waals surface area (Å²) in [4.78, 5) is 25.2. The minimum absolute atomic E-state index is 0.266. The van der Waals surface area contributed by atoms with E-state index in [2.05, 4.69) is 15.7 Å². The Morgan fingerprint density at radius 1 is 1.07 bits per heavy atom.